The second kappa shape index (κ2) is 5.64. The summed E-state index contributed by atoms with van der Waals surface area (Å²) in [6.45, 7) is 1.60. The molecule has 0 saturated carbocycles. The number of rotatable bonds is 3. The van der Waals surface area contributed by atoms with Crippen LogP contribution < -0.4 is 4.90 Å². The highest BCUT2D eigenvalue weighted by molar-refractivity contribution is 5.69. The maximum Gasteiger partial charge on any atom is 0.123 e. The molecule has 0 aliphatic rings. The van der Waals surface area contributed by atoms with E-state index in [1.54, 1.807) is 31.2 Å². The highest BCUT2D eigenvalue weighted by Gasteiger charge is 2.12. The smallest absolute Gasteiger partial charge is 0.123 e. The summed E-state index contributed by atoms with van der Waals surface area (Å²) in [5, 5.41) is 28.6. The fourth-order valence-electron chi connectivity index (χ4n) is 2.09. The van der Waals surface area contributed by atoms with E-state index in [4.69, 9.17) is 5.26 Å². The zero-order valence-electron chi connectivity index (χ0n) is 11.4. The maximum atomic E-state index is 9.93. The molecule has 2 N–H and O–H groups in total. The summed E-state index contributed by atoms with van der Waals surface area (Å²) in [6.07, 6.45) is -0.722. The van der Waals surface area contributed by atoms with E-state index in [2.05, 4.69) is 6.07 Å². The van der Waals surface area contributed by atoms with Crippen molar-refractivity contribution in [2.45, 2.75) is 13.0 Å². The fraction of sp³-hybridized carbons (Fsp3) is 0.188. The lowest BCUT2D eigenvalue weighted by atomic mass is 10.1. The Kier molecular flexibility index (Phi) is 3.92. The molecule has 2 aromatic carbocycles. The number of nitrogens with zero attached hydrogens (tertiary/aromatic N) is 2. The third-order valence-electron chi connectivity index (χ3n) is 3.24. The van der Waals surface area contributed by atoms with Crippen LogP contribution in [0.4, 0.5) is 11.4 Å². The molecule has 20 heavy (non-hydrogen) atoms. The third-order valence-corrected chi connectivity index (χ3v) is 3.24. The molecular formula is C16H16N2O2. The van der Waals surface area contributed by atoms with Crippen molar-refractivity contribution in [3.05, 3.63) is 53.6 Å². The van der Waals surface area contributed by atoms with E-state index in [9.17, 15) is 10.2 Å². The summed E-state index contributed by atoms with van der Waals surface area (Å²) in [4.78, 5) is 1.82. The van der Waals surface area contributed by atoms with Gasteiger partial charge in [0.15, 0.2) is 0 Å². The molecule has 0 heterocycles. The first-order valence-electron chi connectivity index (χ1n) is 6.28. The molecule has 4 heteroatoms. The summed E-state index contributed by atoms with van der Waals surface area (Å²) < 4.78 is 0. The zero-order chi connectivity index (χ0) is 14.7. The largest absolute Gasteiger partial charge is 0.507 e. The predicted octanol–water partition coefficient (Wildman–Crippen LogP) is 3.09. The highest BCUT2D eigenvalue weighted by Crippen LogP contribution is 2.32. The molecule has 102 valence electrons. The Morgan fingerprint density at radius 2 is 1.90 bits per heavy atom. The van der Waals surface area contributed by atoms with Gasteiger partial charge in [0.1, 0.15) is 11.8 Å². The van der Waals surface area contributed by atoms with Crippen LogP contribution in [0.5, 0.6) is 5.75 Å². The van der Waals surface area contributed by atoms with Crippen molar-refractivity contribution in [1.29, 1.82) is 5.26 Å². The molecule has 0 fully saturated rings. The molecule has 0 radical (unpaired) electrons. The number of hydrogen-bond acceptors (Lipinski definition) is 4. The Hall–Kier alpha value is -2.51. The molecule has 4 nitrogen and oxygen atoms in total. The molecular weight excluding hydrogens is 252 g/mol. The number of nitriles is 1. The lowest BCUT2D eigenvalue weighted by Gasteiger charge is -2.21. The van der Waals surface area contributed by atoms with Crippen LogP contribution in [0.1, 0.15) is 24.2 Å². The minimum absolute atomic E-state index is 0.0405. The van der Waals surface area contributed by atoms with Gasteiger partial charge in [-0.05, 0) is 25.1 Å². The van der Waals surface area contributed by atoms with E-state index in [-0.39, 0.29) is 5.75 Å². The Bertz CT molecular complexity index is 660. The summed E-state index contributed by atoms with van der Waals surface area (Å²) in [6, 6.07) is 14.5. The zero-order valence-corrected chi connectivity index (χ0v) is 11.4. The van der Waals surface area contributed by atoms with E-state index in [0.29, 0.717) is 11.1 Å². The van der Waals surface area contributed by atoms with Gasteiger partial charge >= 0.3 is 0 Å². The van der Waals surface area contributed by atoms with E-state index < -0.39 is 6.10 Å². The van der Waals surface area contributed by atoms with E-state index in [0.717, 1.165) is 11.4 Å². The van der Waals surface area contributed by atoms with Crippen molar-refractivity contribution in [2.75, 3.05) is 11.9 Å². The molecule has 1 atom stereocenters. The molecule has 0 saturated heterocycles. The molecule has 0 aliphatic heterocycles. The summed E-state index contributed by atoms with van der Waals surface area (Å²) in [5.74, 6) is 0.0405. The standard InChI is InChI=1S/C16H16N2O2/c1-11(19)14-8-7-13(9-16(14)20)18(2)15-6-4-3-5-12(15)10-17/h3-9,11,19-20H,1-2H3. The number of phenols is 1. The molecule has 2 rings (SSSR count). The Labute approximate surface area is 118 Å². The van der Waals surface area contributed by atoms with Crippen molar-refractivity contribution >= 4 is 11.4 Å². The number of hydrogen-bond donors (Lipinski definition) is 2. The van der Waals surface area contributed by atoms with Crippen LogP contribution in [0.15, 0.2) is 42.5 Å². The molecule has 1 unspecified atom stereocenters. The second-order valence-electron chi connectivity index (χ2n) is 4.61. The number of phenolic OH excluding ortho intramolecular Hbond substituents is 1. The van der Waals surface area contributed by atoms with Crippen molar-refractivity contribution in [3.8, 4) is 11.8 Å². The average molecular weight is 268 g/mol. The van der Waals surface area contributed by atoms with Gasteiger partial charge in [-0.1, -0.05) is 18.2 Å². The first-order chi connectivity index (χ1) is 9.54. The van der Waals surface area contributed by atoms with E-state index in [1.165, 1.54) is 0 Å². The lowest BCUT2D eigenvalue weighted by Crippen LogP contribution is -2.11. The number of aliphatic hydroxyl groups excluding tert-OH is 1. The molecule has 0 spiro atoms. The van der Waals surface area contributed by atoms with E-state index >= 15 is 0 Å². The number of benzene rings is 2. The van der Waals surface area contributed by atoms with Crippen molar-refractivity contribution in [1.82, 2.24) is 0 Å². The predicted molar refractivity (Wildman–Crippen MR) is 78.0 cm³/mol. The van der Waals surface area contributed by atoms with Crippen molar-refractivity contribution in [2.24, 2.45) is 0 Å². The van der Waals surface area contributed by atoms with Gasteiger partial charge in [0, 0.05) is 24.4 Å². The number of anilines is 2. The van der Waals surface area contributed by atoms with Gasteiger partial charge in [-0.25, -0.2) is 0 Å². The van der Waals surface area contributed by atoms with Gasteiger partial charge in [-0.3, -0.25) is 0 Å². The number of aromatic hydroxyl groups is 1. The maximum absolute atomic E-state index is 9.93. The lowest BCUT2D eigenvalue weighted by molar-refractivity contribution is 0.195. The van der Waals surface area contributed by atoms with Crippen LogP contribution in [-0.4, -0.2) is 17.3 Å². The first kappa shape index (κ1) is 13.9. The number of para-hydroxylation sites is 1. The Balaban J connectivity index is 2.42. The van der Waals surface area contributed by atoms with Crippen LogP contribution in [0.2, 0.25) is 0 Å². The SMILES string of the molecule is CC(O)c1ccc(N(C)c2ccccc2C#N)cc1O. The first-order valence-corrected chi connectivity index (χ1v) is 6.28. The summed E-state index contributed by atoms with van der Waals surface area (Å²) in [5.41, 5.74) is 2.55. The van der Waals surface area contributed by atoms with Crippen molar-refractivity contribution < 1.29 is 10.2 Å². The monoisotopic (exact) mass is 268 g/mol. The molecule has 2 aromatic rings. The highest BCUT2D eigenvalue weighted by atomic mass is 16.3. The quantitative estimate of drug-likeness (QED) is 0.897. The fourth-order valence-corrected chi connectivity index (χ4v) is 2.09. The van der Waals surface area contributed by atoms with Gasteiger partial charge in [0.05, 0.1) is 17.4 Å². The van der Waals surface area contributed by atoms with Crippen LogP contribution in [0.3, 0.4) is 0 Å². The van der Waals surface area contributed by atoms with Crippen LogP contribution in [0, 0.1) is 11.3 Å². The molecule has 0 aliphatic carbocycles. The second-order valence-corrected chi connectivity index (χ2v) is 4.61. The van der Waals surface area contributed by atoms with Gasteiger partial charge in [0.25, 0.3) is 0 Å². The van der Waals surface area contributed by atoms with Crippen LogP contribution >= 0.6 is 0 Å². The van der Waals surface area contributed by atoms with Crippen LogP contribution in [-0.2, 0) is 0 Å². The Morgan fingerprint density at radius 3 is 2.50 bits per heavy atom. The number of aliphatic hydroxyl groups is 1. The van der Waals surface area contributed by atoms with Crippen LogP contribution in [0.25, 0.3) is 0 Å². The summed E-state index contributed by atoms with van der Waals surface area (Å²) >= 11 is 0. The third kappa shape index (κ3) is 2.58. The average Bonchev–Trinajstić information content (AvgIpc) is 2.45. The van der Waals surface area contributed by atoms with Crippen molar-refractivity contribution in [3.63, 3.8) is 0 Å². The Morgan fingerprint density at radius 1 is 1.20 bits per heavy atom. The van der Waals surface area contributed by atoms with Gasteiger partial charge < -0.3 is 15.1 Å². The molecule has 0 bridgehead atoms. The molecule has 0 aromatic heterocycles. The van der Waals surface area contributed by atoms with Gasteiger partial charge in [0.2, 0.25) is 0 Å². The topological polar surface area (TPSA) is 67.5 Å². The molecule has 0 amide bonds. The van der Waals surface area contributed by atoms with Gasteiger partial charge in [-0.2, -0.15) is 5.26 Å². The normalized spacial score (nSPS) is 11.7. The van der Waals surface area contributed by atoms with Gasteiger partial charge in [-0.15, -0.1) is 0 Å². The minimum atomic E-state index is -0.722. The van der Waals surface area contributed by atoms with E-state index in [1.807, 2.05) is 30.1 Å². The summed E-state index contributed by atoms with van der Waals surface area (Å²) in [7, 11) is 1.83. The minimum Gasteiger partial charge on any atom is -0.507 e.